The van der Waals surface area contributed by atoms with Crippen LogP contribution in [0, 0.1) is 5.92 Å². The number of thiophene rings is 1. The Morgan fingerprint density at radius 2 is 1.73 bits per heavy atom. The molecule has 3 heterocycles. The van der Waals surface area contributed by atoms with Gasteiger partial charge < -0.3 is 35.2 Å². The van der Waals surface area contributed by atoms with Gasteiger partial charge in [-0.2, -0.15) is 0 Å². The molecule has 5 rings (SSSR count). The highest BCUT2D eigenvalue weighted by molar-refractivity contribution is 7.10. The van der Waals surface area contributed by atoms with E-state index in [9.17, 15) is 24.3 Å². The first-order valence-electron chi connectivity index (χ1n) is 13.8. The minimum absolute atomic E-state index is 0.0233. The van der Waals surface area contributed by atoms with E-state index in [2.05, 4.69) is 15.5 Å². The fourth-order valence-electron chi connectivity index (χ4n) is 5.18. The van der Waals surface area contributed by atoms with Crippen LogP contribution in [0.5, 0.6) is 0 Å². The van der Waals surface area contributed by atoms with Crippen molar-refractivity contribution in [3.8, 4) is 0 Å². The van der Waals surface area contributed by atoms with E-state index in [0.29, 0.717) is 63.7 Å². The van der Waals surface area contributed by atoms with Crippen LogP contribution in [0.3, 0.4) is 0 Å². The number of aliphatic carboxylic acids is 1. The number of piperazine rings is 1. The summed E-state index contributed by atoms with van der Waals surface area (Å²) in [5.74, 6) is -1.51. The molecule has 0 spiro atoms. The molecule has 2 aromatic rings. The third-order valence-corrected chi connectivity index (χ3v) is 8.72. The lowest BCUT2D eigenvalue weighted by Crippen LogP contribution is -2.55. The zero-order valence-corrected chi connectivity index (χ0v) is 23.2. The highest BCUT2D eigenvalue weighted by Crippen LogP contribution is 2.33. The zero-order chi connectivity index (χ0) is 28.1. The average molecular weight is 570 g/mol. The molecule has 3 N–H and O–H groups in total. The second kappa shape index (κ2) is 12.7. The largest absolute Gasteiger partial charge is 0.481 e. The summed E-state index contributed by atoms with van der Waals surface area (Å²) < 4.78 is 5.36. The Hall–Kier alpha value is -3.64. The van der Waals surface area contributed by atoms with Gasteiger partial charge in [0.15, 0.2) is 0 Å². The number of rotatable bonds is 8. The summed E-state index contributed by atoms with van der Waals surface area (Å²) in [5, 5.41) is 17.1. The molecule has 3 aliphatic rings. The molecule has 11 nitrogen and oxygen atoms in total. The molecule has 1 aliphatic carbocycles. The Morgan fingerprint density at radius 1 is 1.00 bits per heavy atom. The fourth-order valence-corrected chi connectivity index (χ4v) is 5.96. The van der Waals surface area contributed by atoms with Crippen molar-refractivity contribution < 1.29 is 29.0 Å². The molecule has 2 aliphatic heterocycles. The van der Waals surface area contributed by atoms with Crippen LogP contribution in [-0.2, 0) is 14.3 Å². The van der Waals surface area contributed by atoms with E-state index in [4.69, 9.17) is 4.74 Å². The number of hydrogen-bond donors (Lipinski definition) is 3. The van der Waals surface area contributed by atoms with Crippen molar-refractivity contribution in [1.29, 1.82) is 0 Å². The lowest BCUT2D eigenvalue weighted by atomic mass is 9.85. The maximum atomic E-state index is 13.2. The molecule has 4 amide bonds. The molecule has 0 bridgehead atoms. The number of carboxylic acids is 1. The molecule has 1 saturated carbocycles. The van der Waals surface area contributed by atoms with Gasteiger partial charge in [-0.15, -0.1) is 11.3 Å². The molecule has 40 heavy (non-hydrogen) atoms. The molecule has 1 unspecified atom stereocenters. The summed E-state index contributed by atoms with van der Waals surface area (Å²) in [6.45, 7) is 4.58. The topological polar surface area (TPSA) is 132 Å². The number of morpholine rings is 1. The predicted octanol–water partition coefficient (Wildman–Crippen LogP) is 3.01. The summed E-state index contributed by atoms with van der Waals surface area (Å²) in [6.07, 6.45) is 2.49. The molecule has 0 radical (unpaired) electrons. The molecule has 1 aromatic carbocycles. The number of amides is 4. The Morgan fingerprint density at radius 3 is 2.35 bits per heavy atom. The number of nitrogens with one attached hydrogen (secondary N) is 2. The fraction of sp³-hybridized carbons (Fsp3) is 0.500. The molecule has 214 valence electrons. The van der Waals surface area contributed by atoms with Crippen LogP contribution in [0.1, 0.15) is 47.0 Å². The Labute approximate surface area is 237 Å². The third kappa shape index (κ3) is 6.56. The normalized spacial score (nSPS) is 18.6. The molecular formula is C28H35N5O6S. The molecule has 12 heteroatoms. The number of carboxylic acid groups (broad SMARTS) is 1. The Bertz CT molecular complexity index is 1220. The summed E-state index contributed by atoms with van der Waals surface area (Å²) in [5.41, 5.74) is 1.67. The highest BCUT2D eigenvalue weighted by atomic mass is 32.1. The standard InChI is InChI=1S/C28H35N5O6S/c34-25(35)18-22(24-5-2-16-40-24)30-27(37)20-6-7-23(21(17-20)29-26(36)19-3-1-4-19)31-8-10-32(11-9-31)28(38)33-12-14-39-15-13-33/h2,5-7,16-17,19,22H,1,3-4,8-15,18H2,(H,29,36)(H,30,37)(H,34,35). The average Bonchev–Trinajstić information content (AvgIpc) is 3.47. The molecule has 1 aromatic heterocycles. The number of nitrogens with zero attached hydrogens (tertiary/aromatic N) is 3. The van der Waals surface area contributed by atoms with Crippen molar-refractivity contribution in [2.24, 2.45) is 5.92 Å². The summed E-state index contributed by atoms with van der Waals surface area (Å²) in [4.78, 5) is 57.1. The van der Waals surface area contributed by atoms with Crippen molar-refractivity contribution in [2.75, 3.05) is 62.7 Å². The first-order valence-corrected chi connectivity index (χ1v) is 14.6. The van der Waals surface area contributed by atoms with E-state index in [0.717, 1.165) is 29.8 Å². The minimum Gasteiger partial charge on any atom is -0.481 e. The van der Waals surface area contributed by atoms with Gasteiger partial charge in [0, 0.05) is 55.6 Å². The highest BCUT2D eigenvalue weighted by Gasteiger charge is 2.30. The number of anilines is 2. The third-order valence-electron chi connectivity index (χ3n) is 7.74. The molecule has 2 saturated heterocycles. The number of carbonyl (C=O) groups excluding carboxylic acids is 3. The van der Waals surface area contributed by atoms with Gasteiger partial charge in [-0.1, -0.05) is 12.5 Å². The van der Waals surface area contributed by atoms with Crippen LogP contribution in [0.2, 0.25) is 0 Å². The number of urea groups is 1. The Kier molecular flexibility index (Phi) is 8.85. The van der Waals surface area contributed by atoms with Crippen molar-refractivity contribution >= 4 is 46.5 Å². The maximum Gasteiger partial charge on any atom is 0.320 e. The van der Waals surface area contributed by atoms with Gasteiger partial charge in [-0.25, -0.2) is 4.79 Å². The maximum absolute atomic E-state index is 13.2. The lowest BCUT2D eigenvalue weighted by Gasteiger charge is -2.40. The van der Waals surface area contributed by atoms with Crippen LogP contribution in [0.25, 0.3) is 0 Å². The van der Waals surface area contributed by atoms with Gasteiger partial charge in [-0.05, 0) is 42.5 Å². The zero-order valence-electron chi connectivity index (χ0n) is 22.3. The van der Waals surface area contributed by atoms with E-state index in [1.54, 1.807) is 18.2 Å². The van der Waals surface area contributed by atoms with Gasteiger partial charge in [0.1, 0.15) is 0 Å². The summed E-state index contributed by atoms with van der Waals surface area (Å²) >= 11 is 1.39. The minimum atomic E-state index is -1.01. The van der Waals surface area contributed by atoms with Crippen molar-refractivity contribution in [3.05, 3.63) is 46.2 Å². The number of ether oxygens (including phenoxy) is 1. The van der Waals surface area contributed by atoms with Crippen LogP contribution in [0.15, 0.2) is 35.7 Å². The number of carbonyl (C=O) groups is 4. The van der Waals surface area contributed by atoms with Crippen molar-refractivity contribution in [3.63, 3.8) is 0 Å². The van der Waals surface area contributed by atoms with Gasteiger partial charge in [0.05, 0.1) is 37.1 Å². The first-order chi connectivity index (χ1) is 19.4. The van der Waals surface area contributed by atoms with E-state index >= 15 is 0 Å². The van der Waals surface area contributed by atoms with E-state index in [1.807, 2.05) is 27.3 Å². The Balaban J connectivity index is 1.31. The molecule has 3 fully saturated rings. The van der Waals surface area contributed by atoms with Gasteiger partial charge in [0.2, 0.25) is 5.91 Å². The van der Waals surface area contributed by atoms with Gasteiger partial charge >= 0.3 is 12.0 Å². The lowest BCUT2D eigenvalue weighted by molar-refractivity contribution is -0.137. The second-order valence-corrected chi connectivity index (χ2v) is 11.3. The van der Waals surface area contributed by atoms with Gasteiger partial charge in [0.25, 0.3) is 5.91 Å². The van der Waals surface area contributed by atoms with Crippen LogP contribution < -0.4 is 15.5 Å². The number of hydrogen-bond acceptors (Lipinski definition) is 7. The summed E-state index contributed by atoms with van der Waals surface area (Å²) in [6, 6.07) is 8.17. The van der Waals surface area contributed by atoms with E-state index in [-0.39, 0.29) is 24.3 Å². The van der Waals surface area contributed by atoms with Crippen LogP contribution in [-0.4, -0.2) is 91.2 Å². The second-order valence-electron chi connectivity index (χ2n) is 10.3. The quantitative estimate of drug-likeness (QED) is 0.445. The van der Waals surface area contributed by atoms with E-state index < -0.39 is 17.9 Å². The number of benzene rings is 1. The van der Waals surface area contributed by atoms with E-state index in [1.165, 1.54) is 11.3 Å². The summed E-state index contributed by atoms with van der Waals surface area (Å²) in [7, 11) is 0. The smallest absolute Gasteiger partial charge is 0.320 e. The van der Waals surface area contributed by atoms with Crippen molar-refractivity contribution in [1.82, 2.24) is 15.1 Å². The molecular weight excluding hydrogens is 534 g/mol. The predicted molar refractivity (Wildman–Crippen MR) is 151 cm³/mol. The monoisotopic (exact) mass is 569 g/mol. The first kappa shape index (κ1) is 27.9. The van der Waals surface area contributed by atoms with Gasteiger partial charge in [-0.3, -0.25) is 14.4 Å². The van der Waals surface area contributed by atoms with Crippen molar-refractivity contribution in [2.45, 2.75) is 31.7 Å². The SMILES string of the molecule is O=C(O)CC(NC(=O)c1ccc(N2CCN(C(=O)N3CCOCC3)CC2)c(NC(=O)C2CCC2)c1)c1cccs1. The van der Waals surface area contributed by atoms with Crippen LogP contribution in [0.4, 0.5) is 16.2 Å². The molecule has 1 atom stereocenters. The van der Waals surface area contributed by atoms with Crippen LogP contribution >= 0.6 is 11.3 Å².